The van der Waals surface area contributed by atoms with E-state index in [2.05, 4.69) is 47.7 Å². The van der Waals surface area contributed by atoms with Gasteiger partial charge in [-0.3, -0.25) is 9.59 Å². The Labute approximate surface area is 242 Å². The Balaban J connectivity index is -0.000000697. The molecule has 0 fully saturated rings. The number of ether oxygens (including phenoxy) is 5. The Morgan fingerprint density at radius 1 is 0.500 bits per heavy atom. The van der Waals surface area contributed by atoms with E-state index in [-0.39, 0.29) is 33.0 Å². The molecule has 0 saturated heterocycles. The van der Waals surface area contributed by atoms with Crippen molar-refractivity contribution in [2.45, 2.75) is 38.5 Å². The molecule has 0 spiro atoms. The van der Waals surface area contributed by atoms with Crippen molar-refractivity contribution in [3.05, 3.63) is 38.0 Å². The van der Waals surface area contributed by atoms with Gasteiger partial charge >= 0.3 is 40.3 Å². The number of rotatable bonds is 18. The van der Waals surface area contributed by atoms with Gasteiger partial charge in [0.25, 0.3) is 0 Å². The van der Waals surface area contributed by atoms with Gasteiger partial charge in [0.2, 0.25) is 0 Å². The molecule has 0 aliphatic rings. The summed E-state index contributed by atoms with van der Waals surface area (Å²) in [4.78, 5) is 73.3. The summed E-state index contributed by atoms with van der Waals surface area (Å²) in [6.45, 7) is 10.7. The van der Waals surface area contributed by atoms with Crippen molar-refractivity contribution in [1.29, 1.82) is 0 Å². The predicted molar refractivity (Wildman–Crippen MR) is 142 cm³/mol. The number of aliphatic hydroxyl groups excluding tert-OH is 1. The van der Waals surface area contributed by atoms with Crippen LogP contribution in [0.25, 0.3) is 0 Å². The van der Waals surface area contributed by atoms with Crippen molar-refractivity contribution in [1.82, 2.24) is 0 Å². The third-order valence-corrected chi connectivity index (χ3v) is 4.09. The Morgan fingerprint density at radius 2 is 0.750 bits per heavy atom. The van der Waals surface area contributed by atoms with Gasteiger partial charge in [0.15, 0.2) is 0 Å². The lowest BCUT2D eigenvalue weighted by Crippen LogP contribution is -2.21. The summed E-state index contributed by atoms with van der Waals surface area (Å²) >= 11 is 8.98. The first kappa shape index (κ1) is 40.9. The van der Waals surface area contributed by atoms with Gasteiger partial charge in [0, 0.05) is 24.8 Å². The van der Waals surface area contributed by atoms with Gasteiger partial charge in [-0.15, -0.1) is 0 Å². The maximum atomic E-state index is 11.3. The zero-order chi connectivity index (χ0) is 31.2. The van der Waals surface area contributed by atoms with E-state index in [1.54, 1.807) is 0 Å². The van der Waals surface area contributed by atoms with E-state index in [9.17, 15) is 33.6 Å². The van der Waals surface area contributed by atoms with Crippen molar-refractivity contribution in [2.24, 2.45) is 0 Å². The minimum atomic E-state index is -1.14. The fraction of sp³-hybridized carbons (Fsp3) is 0.480. The van der Waals surface area contributed by atoms with E-state index in [1.165, 1.54) is 0 Å². The number of hydrogen-bond donors (Lipinski definition) is 1. The van der Waals surface area contributed by atoms with Crippen LogP contribution < -0.4 is 0 Å². The Kier molecular flexibility index (Phi) is 30.7. The number of unbranched alkanes of at least 4 members (excludes halogenated alkanes) is 3. The first-order valence-corrected chi connectivity index (χ1v) is 12.4. The van der Waals surface area contributed by atoms with E-state index < -0.39 is 40.3 Å². The van der Waals surface area contributed by atoms with Crippen LogP contribution in [0, 0.1) is 0 Å². The van der Waals surface area contributed by atoms with Crippen molar-refractivity contribution in [3.63, 3.8) is 0 Å². The quantitative estimate of drug-likeness (QED) is 0.0592. The molecule has 40 heavy (non-hydrogen) atoms. The first-order chi connectivity index (χ1) is 19.0. The molecule has 0 radical (unpaired) electrons. The Bertz CT molecular complexity index is 787. The van der Waals surface area contributed by atoms with E-state index in [1.807, 2.05) is 0 Å². The summed E-state index contributed by atoms with van der Waals surface area (Å²) in [6, 6.07) is 0. The van der Waals surface area contributed by atoms with E-state index in [0.717, 1.165) is 18.2 Å². The molecule has 0 unspecified atom stereocenters. The summed E-state index contributed by atoms with van der Waals surface area (Å²) < 4.78 is 23.5. The first-order valence-electron chi connectivity index (χ1n) is 11.7. The van der Waals surface area contributed by atoms with Crippen molar-refractivity contribution >= 4 is 63.5 Å². The molecule has 0 aliphatic carbocycles. The van der Waals surface area contributed by atoms with Crippen LogP contribution in [0.15, 0.2) is 38.0 Å². The molecular formula is C25H34Cl2O13. The molecule has 13 nitrogen and oxygen atoms in total. The fourth-order valence-electron chi connectivity index (χ4n) is 1.76. The molecular weight excluding hydrogens is 579 g/mol. The van der Waals surface area contributed by atoms with Gasteiger partial charge < -0.3 is 28.8 Å². The van der Waals surface area contributed by atoms with Crippen LogP contribution in [0.3, 0.4) is 0 Å². The van der Waals surface area contributed by atoms with Crippen LogP contribution >= 0.6 is 23.2 Å². The average Bonchev–Trinajstić information content (AvgIpc) is 2.94. The second kappa shape index (κ2) is 30.0. The number of esters is 5. The second-order valence-corrected chi connectivity index (χ2v) is 7.47. The highest BCUT2D eigenvalue weighted by atomic mass is 35.5. The van der Waals surface area contributed by atoms with E-state index >= 15 is 0 Å². The smallest absolute Gasteiger partial charge is 0.417 e. The molecule has 0 saturated carbocycles. The molecule has 0 aromatic heterocycles. The van der Waals surface area contributed by atoms with E-state index in [0.29, 0.717) is 45.1 Å². The Morgan fingerprint density at radius 3 is 0.975 bits per heavy atom. The predicted octanol–water partition coefficient (Wildman–Crippen LogP) is 2.10. The van der Waals surface area contributed by atoms with Crippen LogP contribution in [0.5, 0.6) is 0 Å². The van der Waals surface area contributed by atoms with Crippen LogP contribution in [0.4, 0.5) is 0 Å². The summed E-state index contributed by atoms with van der Waals surface area (Å²) in [6.07, 6.45) is 6.48. The van der Waals surface area contributed by atoms with Crippen molar-refractivity contribution in [2.75, 3.05) is 39.6 Å². The standard InChI is InChI=1S/C16H22O8.C7H12O3.C2Cl2O2/c1-3-13(17)21-9-5-7-11-23-15(19)16(20)24-12-8-6-10-22-14(18)4-2;1-2-7(9)10-6-4-3-5-8;3-1(5)2(4)6/h3-4H,1-2,5-12H2;2,8H,1,3-6H2;. The van der Waals surface area contributed by atoms with Gasteiger partial charge in [-0.2, -0.15) is 0 Å². The summed E-state index contributed by atoms with van der Waals surface area (Å²) in [5.74, 6) is -3.59. The maximum Gasteiger partial charge on any atom is 0.417 e. The molecule has 0 bridgehead atoms. The molecule has 0 aromatic carbocycles. The lowest BCUT2D eigenvalue weighted by molar-refractivity contribution is -0.167. The zero-order valence-corrected chi connectivity index (χ0v) is 23.5. The monoisotopic (exact) mass is 612 g/mol. The summed E-state index contributed by atoms with van der Waals surface area (Å²) in [7, 11) is 0. The molecule has 0 amide bonds. The molecule has 0 atom stereocenters. The average molecular weight is 613 g/mol. The van der Waals surface area contributed by atoms with Crippen LogP contribution in [0.2, 0.25) is 0 Å². The topological polar surface area (TPSA) is 186 Å². The molecule has 0 rings (SSSR count). The minimum Gasteiger partial charge on any atom is -0.463 e. The highest BCUT2D eigenvalue weighted by Crippen LogP contribution is 1.97. The normalized spacial score (nSPS) is 9.07. The lowest BCUT2D eigenvalue weighted by Gasteiger charge is -2.06. The second-order valence-electron chi connectivity index (χ2n) is 6.78. The third-order valence-electron chi connectivity index (χ3n) is 3.65. The number of halogens is 2. The number of aliphatic hydroxyl groups is 1. The van der Waals surface area contributed by atoms with E-state index in [4.69, 9.17) is 24.1 Å². The number of carbonyl (C=O) groups is 7. The fourth-order valence-corrected chi connectivity index (χ4v) is 1.76. The van der Waals surface area contributed by atoms with Gasteiger partial charge in [0.1, 0.15) is 0 Å². The number of carbonyl (C=O) groups excluding carboxylic acids is 7. The number of hydrogen-bond acceptors (Lipinski definition) is 13. The summed E-state index contributed by atoms with van der Waals surface area (Å²) in [5.41, 5.74) is 0. The van der Waals surface area contributed by atoms with Gasteiger partial charge in [0.05, 0.1) is 33.0 Å². The summed E-state index contributed by atoms with van der Waals surface area (Å²) in [5, 5.41) is 6.04. The highest BCUT2D eigenvalue weighted by molar-refractivity contribution is 6.97. The largest absolute Gasteiger partial charge is 0.463 e. The molecule has 226 valence electrons. The molecule has 0 aromatic rings. The Hall–Kier alpha value is -3.55. The van der Waals surface area contributed by atoms with Gasteiger partial charge in [-0.1, -0.05) is 19.7 Å². The molecule has 0 heterocycles. The van der Waals surface area contributed by atoms with Crippen molar-refractivity contribution in [3.8, 4) is 0 Å². The van der Waals surface area contributed by atoms with Crippen LogP contribution in [-0.4, -0.2) is 85.1 Å². The van der Waals surface area contributed by atoms with Gasteiger partial charge in [-0.05, 0) is 61.7 Å². The minimum absolute atomic E-state index is 0.0249. The molecule has 1 N–H and O–H groups in total. The van der Waals surface area contributed by atoms with Crippen LogP contribution in [0.1, 0.15) is 38.5 Å². The zero-order valence-electron chi connectivity index (χ0n) is 21.9. The lowest BCUT2D eigenvalue weighted by atomic mass is 10.3. The highest BCUT2D eigenvalue weighted by Gasteiger charge is 2.16. The SMILES string of the molecule is C=CC(=O)OCCCCO.C=CC(=O)OCCCCOC(=O)C(=O)OCCCCOC(=O)C=C.O=C(Cl)C(=O)Cl. The molecule has 0 aliphatic heterocycles. The molecule has 15 heteroatoms. The third kappa shape index (κ3) is 32.5. The van der Waals surface area contributed by atoms with Crippen LogP contribution in [-0.2, 0) is 57.2 Å². The van der Waals surface area contributed by atoms with Gasteiger partial charge in [-0.25, -0.2) is 24.0 Å². The maximum absolute atomic E-state index is 11.3. The van der Waals surface area contributed by atoms with Crippen molar-refractivity contribution < 1.29 is 62.4 Å².